The van der Waals surface area contributed by atoms with Crippen molar-refractivity contribution in [3.8, 4) is 11.5 Å². The molecule has 24 heavy (non-hydrogen) atoms. The maximum absolute atomic E-state index is 12.1. The monoisotopic (exact) mass is 326 g/mol. The molecule has 0 saturated carbocycles. The van der Waals surface area contributed by atoms with Crippen molar-refractivity contribution in [1.29, 1.82) is 0 Å². The van der Waals surface area contributed by atoms with Crippen molar-refractivity contribution in [2.24, 2.45) is 0 Å². The topological polar surface area (TPSA) is 59.6 Å². The maximum atomic E-state index is 12.1. The van der Waals surface area contributed by atoms with Crippen LogP contribution in [0.25, 0.3) is 0 Å². The van der Waals surface area contributed by atoms with Crippen LogP contribution in [0.5, 0.6) is 11.5 Å². The van der Waals surface area contributed by atoms with E-state index in [9.17, 15) is 4.79 Å². The second-order valence-electron chi connectivity index (χ2n) is 5.70. The molecule has 1 heterocycles. The third-order valence-corrected chi connectivity index (χ3v) is 3.84. The van der Waals surface area contributed by atoms with Crippen LogP contribution >= 0.6 is 0 Å². The molecule has 0 radical (unpaired) electrons. The van der Waals surface area contributed by atoms with Crippen molar-refractivity contribution in [2.45, 2.75) is 19.1 Å². The summed E-state index contributed by atoms with van der Waals surface area (Å²) in [5, 5.41) is 6.17. The normalized spacial score (nSPS) is 17.2. The van der Waals surface area contributed by atoms with Crippen molar-refractivity contribution < 1.29 is 14.3 Å². The number of para-hydroxylation sites is 2. The molecular formula is C19H22N2O3. The fraction of sp³-hybridized carbons (Fsp3) is 0.316. The summed E-state index contributed by atoms with van der Waals surface area (Å²) in [5.41, 5.74) is 0.942. The molecule has 5 heteroatoms. The van der Waals surface area contributed by atoms with Gasteiger partial charge in [-0.2, -0.15) is 0 Å². The zero-order valence-corrected chi connectivity index (χ0v) is 13.5. The minimum Gasteiger partial charge on any atom is -0.457 e. The molecule has 0 bridgehead atoms. The summed E-state index contributed by atoms with van der Waals surface area (Å²) in [7, 11) is 0. The molecule has 1 aliphatic heterocycles. The van der Waals surface area contributed by atoms with Crippen molar-refractivity contribution in [3.05, 3.63) is 60.2 Å². The largest absolute Gasteiger partial charge is 0.457 e. The molecule has 2 N–H and O–H groups in total. The van der Waals surface area contributed by atoms with Gasteiger partial charge in [0.15, 0.2) is 0 Å². The highest BCUT2D eigenvalue weighted by Gasteiger charge is 2.17. The standard InChI is InChI=1S/C19H22N2O3/c22-19(12-17-14-20-10-11-23-17)21-13-15-6-4-5-9-18(15)24-16-7-2-1-3-8-16/h1-9,17,20H,10-14H2,(H,21,22). The summed E-state index contributed by atoms with van der Waals surface area (Å²) in [6, 6.07) is 17.3. The fourth-order valence-electron chi connectivity index (χ4n) is 2.59. The lowest BCUT2D eigenvalue weighted by molar-refractivity contribution is -0.124. The van der Waals surface area contributed by atoms with E-state index in [0.29, 0.717) is 19.6 Å². The molecule has 1 unspecified atom stereocenters. The number of hydrogen-bond acceptors (Lipinski definition) is 4. The van der Waals surface area contributed by atoms with Crippen LogP contribution < -0.4 is 15.4 Å². The lowest BCUT2D eigenvalue weighted by Crippen LogP contribution is -2.41. The summed E-state index contributed by atoms with van der Waals surface area (Å²) in [5.74, 6) is 1.51. The summed E-state index contributed by atoms with van der Waals surface area (Å²) >= 11 is 0. The van der Waals surface area contributed by atoms with E-state index in [-0.39, 0.29) is 12.0 Å². The van der Waals surface area contributed by atoms with E-state index < -0.39 is 0 Å². The highest BCUT2D eigenvalue weighted by atomic mass is 16.5. The highest BCUT2D eigenvalue weighted by Crippen LogP contribution is 2.24. The van der Waals surface area contributed by atoms with Crippen LogP contribution in [0, 0.1) is 0 Å². The molecule has 1 aliphatic rings. The first kappa shape index (κ1) is 16.5. The van der Waals surface area contributed by atoms with Crippen LogP contribution in [0.2, 0.25) is 0 Å². The number of benzene rings is 2. The van der Waals surface area contributed by atoms with E-state index in [4.69, 9.17) is 9.47 Å². The van der Waals surface area contributed by atoms with Gasteiger partial charge < -0.3 is 20.1 Å². The molecule has 1 fully saturated rings. The maximum Gasteiger partial charge on any atom is 0.222 e. The number of ether oxygens (including phenoxy) is 2. The van der Waals surface area contributed by atoms with Crippen molar-refractivity contribution >= 4 is 5.91 Å². The molecule has 0 spiro atoms. The van der Waals surface area contributed by atoms with E-state index in [2.05, 4.69) is 10.6 Å². The van der Waals surface area contributed by atoms with Gasteiger partial charge in [-0.15, -0.1) is 0 Å². The Morgan fingerprint density at radius 3 is 2.75 bits per heavy atom. The van der Waals surface area contributed by atoms with Gasteiger partial charge in [-0.3, -0.25) is 4.79 Å². The average molecular weight is 326 g/mol. The number of nitrogens with one attached hydrogen (secondary N) is 2. The summed E-state index contributed by atoms with van der Waals surface area (Å²) in [4.78, 5) is 12.1. The van der Waals surface area contributed by atoms with Gasteiger partial charge in [-0.1, -0.05) is 36.4 Å². The Kier molecular flexibility index (Phi) is 5.82. The molecule has 1 saturated heterocycles. The van der Waals surface area contributed by atoms with Crippen molar-refractivity contribution in [3.63, 3.8) is 0 Å². The number of amides is 1. The van der Waals surface area contributed by atoms with E-state index in [1.54, 1.807) is 0 Å². The van der Waals surface area contributed by atoms with Crippen LogP contribution in [0.4, 0.5) is 0 Å². The van der Waals surface area contributed by atoms with Crippen LogP contribution in [0.3, 0.4) is 0 Å². The molecule has 2 aromatic rings. The Labute approximate surface area is 142 Å². The fourth-order valence-corrected chi connectivity index (χ4v) is 2.59. The molecule has 5 nitrogen and oxygen atoms in total. The van der Waals surface area contributed by atoms with Gasteiger partial charge in [0, 0.05) is 25.2 Å². The number of carbonyl (C=O) groups excluding carboxylic acids is 1. The van der Waals surface area contributed by atoms with Crippen LogP contribution in [-0.2, 0) is 16.1 Å². The van der Waals surface area contributed by atoms with Crippen LogP contribution in [0.1, 0.15) is 12.0 Å². The first-order valence-corrected chi connectivity index (χ1v) is 8.21. The Hall–Kier alpha value is -2.37. The highest BCUT2D eigenvalue weighted by molar-refractivity contribution is 5.76. The van der Waals surface area contributed by atoms with E-state index >= 15 is 0 Å². The summed E-state index contributed by atoms with van der Waals surface area (Å²) in [6.07, 6.45) is 0.323. The first-order chi connectivity index (χ1) is 11.8. The number of morpholine rings is 1. The first-order valence-electron chi connectivity index (χ1n) is 8.21. The van der Waals surface area contributed by atoms with Gasteiger partial charge in [-0.05, 0) is 18.2 Å². The summed E-state index contributed by atoms with van der Waals surface area (Å²) in [6.45, 7) is 2.66. The van der Waals surface area contributed by atoms with Gasteiger partial charge in [0.25, 0.3) is 0 Å². The van der Waals surface area contributed by atoms with Gasteiger partial charge in [0.2, 0.25) is 5.91 Å². The lowest BCUT2D eigenvalue weighted by Gasteiger charge is -2.23. The quantitative estimate of drug-likeness (QED) is 0.856. The molecule has 0 aliphatic carbocycles. The van der Waals surface area contributed by atoms with Crippen LogP contribution in [0.15, 0.2) is 54.6 Å². The molecule has 3 rings (SSSR count). The molecule has 1 amide bonds. The minimum absolute atomic E-state index is 0.0155. The Morgan fingerprint density at radius 1 is 1.17 bits per heavy atom. The molecule has 126 valence electrons. The van der Waals surface area contributed by atoms with Gasteiger partial charge in [-0.25, -0.2) is 0 Å². The smallest absolute Gasteiger partial charge is 0.222 e. The summed E-state index contributed by atoms with van der Waals surface area (Å²) < 4.78 is 11.5. The zero-order chi connectivity index (χ0) is 16.6. The lowest BCUT2D eigenvalue weighted by atomic mass is 10.2. The third-order valence-electron chi connectivity index (χ3n) is 3.84. The van der Waals surface area contributed by atoms with E-state index in [1.807, 2.05) is 54.6 Å². The number of rotatable bonds is 6. The Morgan fingerprint density at radius 2 is 1.96 bits per heavy atom. The van der Waals surface area contributed by atoms with Gasteiger partial charge in [0.05, 0.1) is 19.1 Å². The zero-order valence-electron chi connectivity index (χ0n) is 13.5. The predicted octanol–water partition coefficient (Wildman–Crippen LogP) is 2.47. The van der Waals surface area contributed by atoms with E-state index in [0.717, 1.165) is 30.2 Å². The molecular weight excluding hydrogens is 304 g/mol. The third kappa shape index (κ3) is 4.81. The SMILES string of the molecule is O=C(CC1CNCCO1)NCc1ccccc1Oc1ccccc1. The van der Waals surface area contributed by atoms with E-state index in [1.165, 1.54) is 0 Å². The Bertz CT molecular complexity index is 655. The van der Waals surface area contributed by atoms with Crippen molar-refractivity contribution in [2.75, 3.05) is 19.7 Å². The Balaban J connectivity index is 1.55. The van der Waals surface area contributed by atoms with Gasteiger partial charge >= 0.3 is 0 Å². The van der Waals surface area contributed by atoms with Gasteiger partial charge in [0.1, 0.15) is 11.5 Å². The number of carbonyl (C=O) groups is 1. The average Bonchev–Trinajstić information content (AvgIpc) is 2.63. The number of hydrogen-bond donors (Lipinski definition) is 2. The molecule has 0 aromatic heterocycles. The molecule has 1 atom stereocenters. The van der Waals surface area contributed by atoms with Crippen LogP contribution in [-0.4, -0.2) is 31.7 Å². The van der Waals surface area contributed by atoms with Crippen molar-refractivity contribution in [1.82, 2.24) is 10.6 Å². The predicted molar refractivity (Wildman–Crippen MR) is 92.0 cm³/mol. The second-order valence-corrected chi connectivity index (χ2v) is 5.70. The minimum atomic E-state index is -0.0467. The second kappa shape index (κ2) is 8.47. The molecule has 2 aromatic carbocycles.